The molecule has 1 N–H and O–H groups in total. The highest BCUT2D eigenvalue weighted by atomic mass is 32.1. The van der Waals surface area contributed by atoms with Gasteiger partial charge in [-0.3, -0.25) is 9.69 Å². The highest BCUT2D eigenvalue weighted by molar-refractivity contribution is 7.09. The average molecular weight is 346 g/mol. The Bertz CT molecular complexity index is 679. The van der Waals surface area contributed by atoms with Crippen molar-refractivity contribution in [2.75, 3.05) is 19.8 Å². The van der Waals surface area contributed by atoms with E-state index in [-0.39, 0.29) is 11.9 Å². The number of amides is 1. The Morgan fingerprint density at radius 1 is 1.42 bits per heavy atom. The molecule has 0 aromatic carbocycles. The van der Waals surface area contributed by atoms with Gasteiger partial charge in [0.15, 0.2) is 0 Å². The van der Waals surface area contributed by atoms with Crippen LogP contribution in [0.4, 0.5) is 0 Å². The summed E-state index contributed by atoms with van der Waals surface area (Å²) >= 11 is 1.66. The summed E-state index contributed by atoms with van der Waals surface area (Å²) in [7, 11) is 0. The number of thiophene rings is 1. The first kappa shape index (κ1) is 15.8. The number of aromatic nitrogens is 2. The van der Waals surface area contributed by atoms with Gasteiger partial charge in [0, 0.05) is 43.4 Å². The maximum Gasteiger partial charge on any atom is 0.244 e. The first-order chi connectivity index (χ1) is 11.8. The van der Waals surface area contributed by atoms with Crippen molar-refractivity contribution < 1.29 is 9.53 Å². The topological polar surface area (TPSA) is 59.4 Å². The minimum absolute atomic E-state index is 0.0689. The third-order valence-electron chi connectivity index (χ3n) is 4.88. The lowest BCUT2D eigenvalue weighted by atomic mass is 10.0. The molecule has 1 fully saturated rings. The first-order valence-corrected chi connectivity index (χ1v) is 9.32. The van der Waals surface area contributed by atoms with Crippen molar-refractivity contribution in [1.82, 2.24) is 19.8 Å². The number of hydrogen-bond acceptors (Lipinski definition) is 5. The molecule has 2 aromatic rings. The number of nitrogens with zero attached hydrogens (tertiary/aromatic N) is 3. The van der Waals surface area contributed by atoms with Crippen LogP contribution in [-0.4, -0.2) is 46.2 Å². The van der Waals surface area contributed by atoms with E-state index in [0.29, 0.717) is 12.6 Å². The average Bonchev–Trinajstić information content (AvgIpc) is 3.31. The molecule has 1 atom stereocenters. The molecule has 1 amide bonds. The minimum Gasteiger partial charge on any atom is -0.381 e. The van der Waals surface area contributed by atoms with Crippen molar-refractivity contribution in [3.05, 3.63) is 40.6 Å². The Hall–Kier alpha value is -1.70. The number of rotatable bonds is 4. The third kappa shape index (κ3) is 3.24. The van der Waals surface area contributed by atoms with Gasteiger partial charge in [0.05, 0.1) is 18.6 Å². The summed E-state index contributed by atoms with van der Waals surface area (Å²) in [6, 6.07) is 4.34. The maximum absolute atomic E-state index is 12.8. The summed E-state index contributed by atoms with van der Waals surface area (Å²) < 4.78 is 7.50. The van der Waals surface area contributed by atoms with Crippen molar-refractivity contribution in [3.63, 3.8) is 0 Å². The second-order valence-electron chi connectivity index (χ2n) is 6.38. The third-order valence-corrected chi connectivity index (χ3v) is 5.76. The fraction of sp³-hybridized carbons (Fsp3) is 0.529. The SMILES string of the molecule is O=C(NCc1cccs1)[C@H]1CN(C2CCOCC2)Cc2cncn21. The van der Waals surface area contributed by atoms with Crippen LogP contribution >= 0.6 is 11.3 Å². The summed E-state index contributed by atoms with van der Waals surface area (Å²) in [6.07, 6.45) is 5.74. The molecule has 1 saturated heterocycles. The molecule has 0 aliphatic carbocycles. The number of nitrogens with one attached hydrogen (secondary N) is 1. The first-order valence-electron chi connectivity index (χ1n) is 8.44. The number of ether oxygens (including phenoxy) is 1. The second-order valence-corrected chi connectivity index (χ2v) is 7.41. The van der Waals surface area contributed by atoms with E-state index >= 15 is 0 Å². The van der Waals surface area contributed by atoms with Gasteiger partial charge in [-0.1, -0.05) is 6.07 Å². The zero-order chi connectivity index (χ0) is 16.4. The highest BCUT2D eigenvalue weighted by Gasteiger charge is 2.33. The zero-order valence-corrected chi connectivity index (χ0v) is 14.4. The molecule has 2 aliphatic heterocycles. The number of carbonyl (C=O) groups is 1. The molecule has 4 rings (SSSR count). The molecule has 0 bridgehead atoms. The number of carbonyl (C=O) groups excluding carboxylic acids is 1. The van der Waals surface area contributed by atoms with Crippen LogP contribution in [0, 0.1) is 0 Å². The van der Waals surface area contributed by atoms with E-state index in [2.05, 4.69) is 15.2 Å². The van der Waals surface area contributed by atoms with E-state index in [0.717, 1.165) is 44.8 Å². The Labute approximate surface area is 145 Å². The van der Waals surface area contributed by atoms with Crippen molar-refractivity contribution in [2.24, 2.45) is 0 Å². The molecule has 4 heterocycles. The van der Waals surface area contributed by atoms with Gasteiger partial charge in [-0.05, 0) is 24.3 Å². The molecule has 0 saturated carbocycles. The van der Waals surface area contributed by atoms with Gasteiger partial charge in [-0.2, -0.15) is 0 Å². The van der Waals surface area contributed by atoms with Crippen molar-refractivity contribution in [2.45, 2.75) is 38.0 Å². The van der Waals surface area contributed by atoms with Gasteiger partial charge in [-0.25, -0.2) is 4.98 Å². The Morgan fingerprint density at radius 2 is 2.29 bits per heavy atom. The molecule has 2 aromatic heterocycles. The molecule has 128 valence electrons. The van der Waals surface area contributed by atoms with Crippen LogP contribution in [0.1, 0.15) is 29.5 Å². The van der Waals surface area contributed by atoms with Gasteiger partial charge in [-0.15, -0.1) is 11.3 Å². The van der Waals surface area contributed by atoms with Crippen LogP contribution in [0.2, 0.25) is 0 Å². The van der Waals surface area contributed by atoms with E-state index in [1.807, 2.05) is 28.3 Å². The van der Waals surface area contributed by atoms with Gasteiger partial charge in [0.1, 0.15) is 6.04 Å². The Balaban J connectivity index is 1.47. The van der Waals surface area contributed by atoms with Crippen molar-refractivity contribution in [3.8, 4) is 0 Å². The number of fused-ring (bicyclic) bond motifs is 1. The lowest BCUT2D eigenvalue weighted by molar-refractivity contribution is -0.126. The predicted molar refractivity (Wildman–Crippen MR) is 91.7 cm³/mol. The van der Waals surface area contributed by atoms with Crippen LogP contribution in [0.5, 0.6) is 0 Å². The van der Waals surface area contributed by atoms with E-state index in [9.17, 15) is 4.79 Å². The van der Waals surface area contributed by atoms with E-state index in [1.165, 1.54) is 4.88 Å². The highest BCUT2D eigenvalue weighted by Crippen LogP contribution is 2.26. The molecule has 2 aliphatic rings. The lowest BCUT2D eigenvalue weighted by Gasteiger charge is -2.40. The molecule has 0 radical (unpaired) electrons. The van der Waals surface area contributed by atoms with Gasteiger partial charge in [0.25, 0.3) is 0 Å². The summed E-state index contributed by atoms with van der Waals surface area (Å²) in [5, 5.41) is 5.11. The van der Waals surface area contributed by atoms with Crippen LogP contribution < -0.4 is 5.32 Å². The van der Waals surface area contributed by atoms with Crippen LogP contribution in [0.3, 0.4) is 0 Å². The van der Waals surface area contributed by atoms with Gasteiger partial charge < -0.3 is 14.6 Å². The summed E-state index contributed by atoms with van der Waals surface area (Å²) in [5.74, 6) is 0.0689. The fourth-order valence-electron chi connectivity index (χ4n) is 3.56. The van der Waals surface area contributed by atoms with Crippen LogP contribution in [0.25, 0.3) is 0 Å². The summed E-state index contributed by atoms with van der Waals surface area (Å²) in [5.41, 5.74) is 1.11. The quantitative estimate of drug-likeness (QED) is 0.917. The van der Waals surface area contributed by atoms with Crippen LogP contribution in [0.15, 0.2) is 30.0 Å². The smallest absolute Gasteiger partial charge is 0.244 e. The van der Waals surface area contributed by atoms with Crippen LogP contribution in [-0.2, 0) is 22.6 Å². The molecular weight excluding hydrogens is 324 g/mol. The molecule has 0 spiro atoms. The lowest BCUT2D eigenvalue weighted by Crippen LogP contribution is -2.49. The van der Waals surface area contributed by atoms with E-state index in [4.69, 9.17) is 4.74 Å². The minimum atomic E-state index is -0.209. The summed E-state index contributed by atoms with van der Waals surface area (Å²) in [6.45, 7) is 3.82. The molecule has 7 heteroatoms. The fourth-order valence-corrected chi connectivity index (χ4v) is 4.21. The van der Waals surface area contributed by atoms with Crippen molar-refractivity contribution in [1.29, 1.82) is 0 Å². The Kier molecular flexibility index (Phi) is 4.64. The molecular formula is C17H22N4O2S. The predicted octanol–water partition coefficient (Wildman–Crippen LogP) is 1.80. The normalized spacial score (nSPS) is 22.2. The monoisotopic (exact) mass is 346 g/mol. The summed E-state index contributed by atoms with van der Waals surface area (Å²) in [4.78, 5) is 20.6. The maximum atomic E-state index is 12.8. The van der Waals surface area contributed by atoms with E-state index < -0.39 is 0 Å². The number of imidazole rings is 1. The molecule has 0 unspecified atom stereocenters. The van der Waals surface area contributed by atoms with Gasteiger partial charge in [0.2, 0.25) is 5.91 Å². The molecule has 24 heavy (non-hydrogen) atoms. The van der Waals surface area contributed by atoms with E-state index in [1.54, 1.807) is 17.7 Å². The standard InChI is InChI=1S/C17H22N4O2S/c22-17(19-9-15-2-1-7-24-15)16-11-20(13-3-5-23-6-4-13)10-14-8-18-12-21(14)16/h1-2,7-8,12-13,16H,3-6,9-11H2,(H,19,22)/t16-/m1/s1. The van der Waals surface area contributed by atoms with Crippen molar-refractivity contribution >= 4 is 17.2 Å². The molecule has 6 nitrogen and oxygen atoms in total. The van der Waals surface area contributed by atoms with Gasteiger partial charge >= 0.3 is 0 Å². The number of hydrogen-bond donors (Lipinski definition) is 1. The largest absolute Gasteiger partial charge is 0.381 e. The Morgan fingerprint density at radius 3 is 3.08 bits per heavy atom. The zero-order valence-electron chi connectivity index (χ0n) is 13.6. The second kappa shape index (κ2) is 7.04.